The van der Waals surface area contributed by atoms with Crippen molar-refractivity contribution in [3.63, 3.8) is 0 Å². The van der Waals surface area contributed by atoms with Crippen molar-refractivity contribution < 1.29 is 19.1 Å². The van der Waals surface area contributed by atoms with Gasteiger partial charge in [-0.1, -0.05) is 13.3 Å². The summed E-state index contributed by atoms with van der Waals surface area (Å²) in [5.74, 6) is -0.644. The van der Waals surface area contributed by atoms with Crippen LogP contribution in [0.3, 0.4) is 0 Å². The zero-order valence-electron chi connectivity index (χ0n) is 14.3. The second-order valence-electron chi connectivity index (χ2n) is 6.87. The zero-order chi connectivity index (χ0) is 16.8. The molecule has 1 heterocycles. The number of hydrogen-bond acceptors (Lipinski definition) is 6. The van der Waals surface area contributed by atoms with Gasteiger partial charge in [-0.25, -0.2) is 0 Å². The van der Waals surface area contributed by atoms with Gasteiger partial charge in [0.1, 0.15) is 5.60 Å². The number of likely N-dealkylation sites (tertiary alicyclic amines) is 1. The number of carbonyl (C=O) groups excluding carboxylic acids is 2. The van der Waals surface area contributed by atoms with Gasteiger partial charge in [-0.2, -0.15) is 0 Å². The molecule has 2 N–H and O–H groups in total. The summed E-state index contributed by atoms with van der Waals surface area (Å²) in [6, 6.07) is 0. The third kappa shape index (κ3) is 6.75. The van der Waals surface area contributed by atoms with Crippen LogP contribution in [0.2, 0.25) is 0 Å². The van der Waals surface area contributed by atoms with Gasteiger partial charge >= 0.3 is 11.9 Å². The molecule has 1 fully saturated rings. The van der Waals surface area contributed by atoms with Crippen LogP contribution in [0.15, 0.2) is 0 Å². The lowest BCUT2D eigenvalue weighted by Gasteiger charge is -2.36. The van der Waals surface area contributed by atoms with Gasteiger partial charge in [0, 0.05) is 6.54 Å². The monoisotopic (exact) mass is 314 g/mol. The minimum absolute atomic E-state index is 0.186. The molecule has 0 spiro atoms. The van der Waals surface area contributed by atoms with Crippen molar-refractivity contribution in [3.05, 3.63) is 0 Å². The Morgan fingerprint density at radius 2 is 2.00 bits per heavy atom. The fourth-order valence-corrected chi connectivity index (χ4v) is 2.38. The first-order valence-corrected chi connectivity index (χ1v) is 8.11. The number of nitrogens with zero attached hydrogens (tertiary/aromatic N) is 1. The van der Waals surface area contributed by atoms with Gasteiger partial charge in [-0.15, -0.1) is 0 Å². The molecule has 1 aliphatic rings. The maximum Gasteiger partial charge on any atom is 0.320 e. The Bertz CT molecular complexity index is 379. The summed E-state index contributed by atoms with van der Waals surface area (Å²) in [5, 5.41) is 0. The summed E-state index contributed by atoms with van der Waals surface area (Å²) in [4.78, 5) is 25.7. The Morgan fingerprint density at radius 1 is 1.32 bits per heavy atom. The van der Waals surface area contributed by atoms with Crippen LogP contribution in [0.25, 0.3) is 0 Å². The molecule has 0 saturated carbocycles. The summed E-state index contributed by atoms with van der Waals surface area (Å²) in [6.07, 6.45) is 2.72. The van der Waals surface area contributed by atoms with E-state index in [4.69, 9.17) is 15.2 Å². The van der Waals surface area contributed by atoms with Crippen molar-refractivity contribution in [3.8, 4) is 0 Å². The molecule has 0 amide bonds. The lowest BCUT2D eigenvalue weighted by molar-refractivity contribution is -0.162. The van der Waals surface area contributed by atoms with E-state index in [1.165, 1.54) is 0 Å². The summed E-state index contributed by atoms with van der Waals surface area (Å²) >= 11 is 0. The van der Waals surface area contributed by atoms with Gasteiger partial charge in [-0.3, -0.25) is 14.5 Å². The summed E-state index contributed by atoms with van der Waals surface area (Å²) in [5.41, 5.74) is 5.60. The van der Waals surface area contributed by atoms with Crippen LogP contribution in [0.5, 0.6) is 0 Å². The van der Waals surface area contributed by atoms with E-state index in [0.29, 0.717) is 26.0 Å². The highest BCUT2D eigenvalue weighted by Crippen LogP contribution is 2.23. The number of carbonyl (C=O) groups is 2. The molecule has 1 aliphatic heterocycles. The highest BCUT2D eigenvalue weighted by Gasteiger charge is 2.33. The van der Waals surface area contributed by atoms with E-state index in [1.807, 2.05) is 32.6 Å². The molecule has 0 radical (unpaired) electrons. The molecule has 0 aromatic rings. The number of hydrogen-bond donors (Lipinski definition) is 1. The van der Waals surface area contributed by atoms with Crippen LogP contribution in [0, 0.1) is 5.92 Å². The molecule has 1 rings (SSSR count). The van der Waals surface area contributed by atoms with Crippen molar-refractivity contribution in [1.82, 2.24) is 4.90 Å². The van der Waals surface area contributed by atoms with E-state index in [2.05, 4.69) is 0 Å². The Labute approximate surface area is 133 Å². The quantitative estimate of drug-likeness (QED) is 0.593. The normalized spacial score (nSPS) is 23.1. The molecule has 0 aliphatic carbocycles. The van der Waals surface area contributed by atoms with Crippen LogP contribution in [0.4, 0.5) is 0 Å². The summed E-state index contributed by atoms with van der Waals surface area (Å²) in [6.45, 7) is 8.86. The molecule has 2 atom stereocenters. The largest absolute Gasteiger partial charge is 0.465 e. The van der Waals surface area contributed by atoms with E-state index in [-0.39, 0.29) is 30.6 Å². The molecule has 1 saturated heterocycles. The number of nitrogens with two attached hydrogens (primary N) is 1. The molecule has 0 bridgehead atoms. The van der Waals surface area contributed by atoms with Gasteiger partial charge in [0.25, 0.3) is 0 Å². The van der Waals surface area contributed by atoms with Crippen LogP contribution >= 0.6 is 0 Å². The van der Waals surface area contributed by atoms with Gasteiger partial charge in [0.15, 0.2) is 0 Å². The maximum absolute atomic E-state index is 12.1. The van der Waals surface area contributed by atoms with Crippen molar-refractivity contribution in [1.29, 1.82) is 0 Å². The second kappa shape index (κ2) is 8.48. The van der Waals surface area contributed by atoms with Crippen molar-refractivity contribution in [2.45, 2.75) is 65.1 Å². The number of piperidine rings is 1. The molecule has 6 heteroatoms. The fourth-order valence-electron chi connectivity index (χ4n) is 2.38. The van der Waals surface area contributed by atoms with E-state index < -0.39 is 5.60 Å². The Kier molecular flexibility index (Phi) is 7.29. The van der Waals surface area contributed by atoms with E-state index >= 15 is 0 Å². The lowest BCUT2D eigenvalue weighted by atomic mass is 9.94. The molecular weight excluding hydrogens is 284 g/mol. The predicted molar refractivity (Wildman–Crippen MR) is 84.0 cm³/mol. The van der Waals surface area contributed by atoms with E-state index in [1.54, 1.807) is 0 Å². The molecular formula is C16H30N2O4. The summed E-state index contributed by atoms with van der Waals surface area (Å²) in [7, 11) is 0. The van der Waals surface area contributed by atoms with Crippen LogP contribution in [0.1, 0.15) is 53.4 Å². The Hall–Kier alpha value is -1.14. The third-order valence-corrected chi connectivity index (χ3v) is 3.59. The Morgan fingerprint density at radius 3 is 2.55 bits per heavy atom. The van der Waals surface area contributed by atoms with Crippen molar-refractivity contribution in [2.24, 2.45) is 11.7 Å². The fraction of sp³-hybridized carbons (Fsp3) is 0.875. The average Bonchev–Trinajstić information content (AvgIpc) is 2.39. The van der Waals surface area contributed by atoms with Gasteiger partial charge in [0.05, 0.1) is 25.2 Å². The molecule has 128 valence electrons. The highest BCUT2D eigenvalue weighted by atomic mass is 16.6. The topological polar surface area (TPSA) is 81.9 Å². The first-order chi connectivity index (χ1) is 10.2. The minimum atomic E-state index is -0.485. The number of esters is 2. The van der Waals surface area contributed by atoms with Crippen molar-refractivity contribution in [2.75, 3.05) is 19.7 Å². The SMILES string of the molecule is CCCCOC(=O)CN1CCC(C(=O)OC(C)(C)C)CC1N. The third-order valence-electron chi connectivity index (χ3n) is 3.59. The summed E-state index contributed by atoms with van der Waals surface area (Å²) < 4.78 is 10.5. The molecule has 22 heavy (non-hydrogen) atoms. The number of ether oxygens (including phenoxy) is 2. The smallest absolute Gasteiger partial charge is 0.320 e. The van der Waals surface area contributed by atoms with E-state index in [0.717, 1.165) is 12.8 Å². The number of rotatable bonds is 6. The molecule has 0 aromatic carbocycles. The van der Waals surface area contributed by atoms with Gasteiger partial charge in [0.2, 0.25) is 0 Å². The molecule has 2 unspecified atom stereocenters. The lowest BCUT2D eigenvalue weighted by Crippen LogP contribution is -2.51. The highest BCUT2D eigenvalue weighted by molar-refractivity contribution is 5.73. The van der Waals surface area contributed by atoms with Crippen LogP contribution in [-0.4, -0.2) is 48.3 Å². The Balaban J connectivity index is 2.39. The van der Waals surface area contributed by atoms with Crippen LogP contribution in [-0.2, 0) is 19.1 Å². The first-order valence-electron chi connectivity index (χ1n) is 8.11. The first kappa shape index (κ1) is 18.9. The van der Waals surface area contributed by atoms with Crippen LogP contribution < -0.4 is 5.73 Å². The van der Waals surface area contributed by atoms with Gasteiger partial charge in [-0.05, 0) is 40.0 Å². The molecule has 0 aromatic heterocycles. The zero-order valence-corrected chi connectivity index (χ0v) is 14.3. The van der Waals surface area contributed by atoms with E-state index in [9.17, 15) is 9.59 Å². The average molecular weight is 314 g/mol. The van der Waals surface area contributed by atoms with Gasteiger partial charge < -0.3 is 15.2 Å². The minimum Gasteiger partial charge on any atom is -0.465 e. The molecule has 6 nitrogen and oxygen atoms in total. The second-order valence-corrected chi connectivity index (χ2v) is 6.87. The van der Waals surface area contributed by atoms with Crippen molar-refractivity contribution >= 4 is 11.9 Å². The standard InChI is InChI=1S/C16H30N2O4/c1-5-6-9-21-14(19)11-18-8-7-12(10-13(18)17)15(20)22-16(2,3)4/h12-13H,5-11,17H2,1-4H3. The number of unbranched alkanes of at least 4 members (excludes halogenated alkanes) is 1. The maximum atomic E-state index is 12.1. The predicted octanol–water partition coefficient (Wildman–Crippen LogP) is 1.67.